The Bertz CT molecular complexity index is 497. The molecule has 0 radical (unpaired) electrons. The topological polar surface area (TPSA) is 111 Å². The molecule has 1 N–H and O–H groups in total. The number of nitro groups is 1. The third-order valence-corrected chi connectivity index (χ3v) is 1.75. The average Bonchev–Trinajstić information content (AvgIpc) is 2.16. The van der Waals surface area contributed by atoms with Gasteiger partial charge in [0.1, 0.15) is 0 Å². The Morgan fingerprint density at radius 2 is 2.13 bits per heavy atom. The molecule has 0 aromatic heterocycles. The van der Waals surface area contributed by atoms with Crippen LogP contribution in [0.25, 0.3) is 0 Å². The van der Waals surface area contributed by atoms with E-state index in [9.17, 15) is 15.2 Å². The molecule has 1 aromatic carbocycles. The molecule has 0 aliphatic carbocycles. The minimum atomic E-state index is -0.775. The summed E-state index contributed by atoms with van der Waals surface area (Å²) in [6.45, 7) is 0. The zero-order chi connectivity index (χ0) is 11.4. The number of phenols is 1. The minimum absolute atomic E-state index is 0.0408. The number of nitrogens with zero attached hydrogens (tertiary/aromatic N) is 3. The maximum absolute atomic E-state index is 10.6. The van der Waals surface area contributed by atoms with E-state index in [1.165, 1.54) is 6.07 Å². The summed E-state index contributed by atoms with van der Waals surface area (Å²) in [4.78, 5) is 9.80. The quantitative estimate of drug-likeness (QED) is 0.574. The first-order chi connectivity index (χ1) is 7.10. The molecular weight excluding hydrogens is 198 g/mol. The van der Waals surface area contributed by atoms with E-state index in [1.54, 1.807) is 12.1 Å². The summed E-state index contributed by atoms with van der Waals surface area (Å²) in [5.74, 6) is -0.593. The fourth-order valence-corrected chi connectivity index (χ4v) is 1.17. The average molecular weight is 203 g/mol. The van der Waals surface area contributed by atoms with Crippen LogP contribution in [0.2, 0.25) is 0 Å². The molecule has 1 aromatic rings. The summed E-state index contributed by atoms with van der Waals surface area (Å²) in [6, 6.07) is 5.70. The van der Waals surface area contributed by atoms with Crippen molar-refractivity contribution in [2.45, 2.75) is 6.42 Å². The summed E-state index contributed by atoms with van der Waals surface area (Å²) >= 11 is 0. The van der Waals surface area contributed by atoms with Crippen molar-refractivity contribution in [2.75, 3.05) is 0 Å². The molecule has 0 heterocycles. The maximum atomic E-state index is 10.6. The van der Waals surface area contributed by atoms with Gasteiger partial charge in [0.25, 0.3) is 0 Å². The van der Waals surface area contributed by atoms with E-state index in [4.69, 9.17) is 10.5 Å². The summed E-state index contributed by atoms with van der Waals surface area (Å²) < 4.78 is 0. The summed E-state index contributed by atoms with van der Waals surface area (Å²) in [7, 11) is 0. The van der Waals surface area contributed by atoms with Crippen molar-refractivity contribution in [2.24, 2.45) is 0 Å². The van der Waals surface area contributed by atoms with Crippen LogP contribution in [0.3, 0.4) is 0 Å². The molecule has 0 fully saturated rings. The van der Waals surface area contributed by atoms with Gasteiger partial charge in [0.2, 0.25) is 0 Å². The molecule has 15 heavy (non-hydrogen) atoms. The van der Waals surface area contributed by atoms with Gasteiger partial charge in [0, 0.05) is 11.6 Å². The fourth-order valence-electron chi connectivity index (χ4n) is 1.17. The molecule has 0 spiro atoms. The summed E-state index contributed by atoms with van der Waals surface area (Å²) in [5, 5.41) is 36.9. The van der Waals surface area contributed by atoms with E-state index in [0.29, 0.717) is 0 Å². The number of hydrogen-bond donors (Lipinski definition) is 1. The second-order valence-electron chi connectivity index (χ2n) is 2.71. The minimum Gasteiger partial charge on any atom is -0.502 e. The van der Waals surface area contributed by atoms with Crippen molar-refractivity contribution in [1.82, 2.24) is 0 Å². The van der Waals surface area contributed by atoms with Gasteiger partial charge in [-0.15, -0.1) is 0 Å². The van der Waals surface area contributed by atoms with E-state index in [0.717, 1.165) is 6.07 Å². The molecule has 1 rings (SSSR count). The highest BCUT2D eigenvalue weighted by molar-refractivity contribution is 5.57. The van der Waals surface area contributed by atoms with Crippen molar-refractivity contribution in [1.29, 1.82) is 10.5 Å². The number of nitriles is 2. The Hall–Kier alpha value is -2.60. The third-order valence-electron chi connectivity index (χ3n) is 1.75. The smallest absolute Gasteiger partial charge is 0.314 e. The van der Waals surface area contributed by atoms with Gasteiger partial charge in [0.05, 0.1) is 29.0 Å². The van der Waals surface area contributed by atoms with Gasteiger partial charge in [-0.3, -0.25) is 10.1 Å². The Labute approximate surface area is 84.8 Å². The Morgan fingerprint density at radius 1 is 1.47 bits per heavy atom. The Balaban J connectivity index is 3.45. The molecule has 0 unspecified atom stereocenters. The molecule has 0 saturated heterocycles. The normalized spacial score (nSPS) is 8.93. The number of aromatic hydroxyl groups is 1. The van der Waals surface area contributed by atoms with Crippen molar-refractivity contribution >= 4 is 5.69 Å². The lowest BCUT2D eigenvalue weighted by Crippen LogP contribution is -1.96. The number of hydrogen-bond acceptors (Lipinski definition) is 5. The largest absolute Gasteiger partial charge is 0.502 e. The van der Waals surface area contributed by atoms with E-state index in [1.807, 2.05) is 0 Å². The van der Waals surface area contributed by atoms with Crippen molar-refractivity contribution in [3.63, 3.8) is 0 Å². The second kappa shape index (κ2) is 4.07. The first-order valence-corrected chi connectivity index (χ1v) is 3.87. The van der Waals surface area contributed by atoms with E-state index in [-0.39, 0.29) is 17.5 Å². The second-order valence-corrected chi connectivity index (χ2v) is 2.71. The van der Waals surface area contributed by atoms with Crippen LogP contribution in [0.4, 0.5) is 5.69 Å². The predicted octanol–water partition coefficient (Wildman–Crippen LogP) is 1.24. The van der Waals surface area contributed by atoms with E-state index >= 15 is 0 Å². The highest BCUT2D eigenvalue weighted by Gasteiger charge is 2.20. The lowest BCUT2D eigenvalue weighted by atomic mass is 10.1. The van der Waals surface area contributed by atoms with Crippen molar-refractivity contribution in [3.8, 4) is 17.9 Å². The van der Waals surface area contributed by atoms with Gasteiger partial charge in [0.15, 0.2) is 5.75 Å². The van der Waals surface area contributed by atoms with Crippen LogP contribution in [0.1, 0.15) is 11.1 Å². The molecular formula is C9H5N3O3. The lowest BCUT2D eigenvalue weighted by Gasteiger charge is -2.01. The number of nitro benzene ring substituents is 1. The third kappa shape index (κ3) is 2.01. The molecule has 0 atom stereocenters. The Morgan fingerprint density at radius 3 is 2.60 bits per heavy atom. The van der Waals surface area contributed by atoms with Crippen LogP contribution in [-0.4, -0.2) is 10.0 Å². The van der Waals surface area contributed by atoms with Gasteiger partial charge in [-0.25, -0.2) is 0 Å². The van der Waals surface area contributed by atoms with Crippen LogP contribution < -0.4 is 0 Å². The predicted molar refractivity (Wildman–Crippen MR) is 48.8 cm³/mol. The summed E-state index contributed by atoms with van der Waals surface area (Å²) in [6.07, 6.45) is -0.223. The van der Waals surface area contributed by atoms with Gasteiger partial charge in [-0.05, 0) is 6.07 Å². The zero-order valence-corrected chi connectivity index (χ0v) is 7.47. The molecule has 6 heteroatoms. The molecule has 0 saturated carbocycles. The van der Waals surface area contributed by atoms with E-state index < -0.39 is 16.4 Å². The van der Waals surface area contributed by atoms with Gasteiger partial charge in [-0.2, -0.15) is 10.5 Å². The van der Waals surface area contributed by atoms with Crippen LogP contribution in [0.15, 0.2) is 12.1 Å². The molecule has 0 aliphatic rings. The first-order valence-electron chi connectivity index (χ1n) is 3.87. The maximum Gasteiger partial charge on any atom is 0.314 e. The van der Waals surface area contributed by atoms with Crippen LogP contribution in [-0.2, 0) is 6.42 Å². The number of rotatable bonds is 2. The monoisotopic (exact) mass is 203 g/mol. The summed E-state index contributed by atoms with van der Waals surface area (Å²) in [5.41, 5.74) is -0.391. The zero-order valence-electron chi connectivity index (χ0n) is 7.47. The number of phenolic OH excluding ortho intramolecular Hbond substituents is 1. The van der Waals surface area contributed by atoms with Crippen molar-refractivity contribution < 1.29 is 10.0 Å². The van der Waals surface area contributed by atoms with Crippen LogP contribution in [0.5, 0.6) is 5.75 Å². The molecule has 0 aliphatic heterocycles. The molecule has 74 valence electrons. The SMILES string of the molecule is N#CCc1cc(C#N)cc(O)c1[N+](=O)[O-]. The number of benzene rings is 1. The van der Waals surface area contributed by atoms with Gasteiger partial charge >= 0.3 is 5.69 Å². The molecule has 0 amide bonds. The van der Waals surface area contributed by atoms with E-state index in [2.05, 4.69) is 0 Å². The highest BCUT2D eigenvalue weighted by atomic mass is 16.6. The fraction of sp³-hybridized carbons (Fsp3) is 0.111. The standard InChI is InChI=1S/C9H5N3O3/c10-2-1-7-3-6(5-11)4-8(13)9(7)12(14)15/h3-4,13H,1H2. The molecule has 0 bridgehead atoms. The van der Waals surface area contributed by atoms with Gasteiger partial charge in [-0.1, -0.05) is 0 Å². The Kier molecular flexibility index (Phi) is 2.85. The first kappa shape index (κ1) is 10.5. The van der Waals surface area contributed by atoms with Crippen LogP contribution in [0, 0.1) is 32.8 Å². The van der Waals surface area contributed by atoms with Crippen LogP contribution >= 0.6 is 0 Å². The van der Waals surface area contributed by atoms with Gasteiger partial charge < -0.3 is 5.11 Å². The molecule has 6 nitrogen and oxygen atoms in total. The lowest BCUT2D eigenvalue weighted by molar-refractivity contribution is -0.386. The van der Waals surface area contributed by atoms with Crippen molar-refractivity contribution in [3.05, 3.63) is 33.4 Å². The highest BCUT2D eigenvalue weighted by Crippen LogP contribution is 2.31.